The lowest BCUT2D eigenvalue weighted by Crippen LogP contribution is -2.48. The van der Waals surface area contributed by atoms with Crippen LogP contribution < -0.4 is 0 Å². The summed E-state index contributed by atoms with van der Waals surface area (Å²) in [5.41, 5.74) is 0. The van der Waals surface area contributed by atoms with Crippen LogP contribution in [0.25, 0.3) is 0 Å². The molecule has 0 N–H and O–H groups in total. The molecule has 0 aliphatic heterocycles. The van der Waals surface area contributed by atoms with Crippen molar-refractivity contribution in [3.63, 3.8) is 0 Å². The summed E-state index contributed by atoms with van der Waals surface area (Å²) in [4.78, 5) is 0. The molecule has 0 spiro atoms. The lowest BCUT2D eigenvalue weighted by Gasteiger charge is -2.35. The third-order valence-corrected chi connectivity index (χ3v) is 3.81. The molecule has 0 radical (unpaired) electrons. The Morgan fingerprint density at radius 3 is 1.75 bits per heavy atom. The van der Waals surface area contributed by atoms with Crippen molar-refractivity contribution in [2.75, 3.05) is 37.7 Å². The van der Waals surface area contributed by atoms with E-state index in [9.17, 15) is 0 Å². The minimum Gasteiger partial charge on any atom is -0.324 e. The molecule has 0 bridgehead atoms. The molecule has 0 saturated heterocycles. The zero-order valence-electron chi connectivity index (χ0n) is 9.10. The number of quaternary nitrogens is 1. The van der Waals surface area contributed by atoms with Crippen molar-refractivity contribution in [2.45, 2.75) is 27.7 Å². The summed E-state index contributed by atoms with van der Waals surface area (Å²) in [7, 11) is 0. The van der Waals surface area contributed by atoms with Crippen LogP contribution in [-0.2, 0) is 0 Å². The molecule has 0 heterocycles. The molecule has 0 aliphatic rings. The van der Waals surface area contributed by atoms with Crippen LogP contribution >= 0.6 is 11.8 Å². The molecular formula is C10H24NS+. The number of hydrogen-bond acceptors (Lipinski definition) is 1. The van der Waals surface area contributed by atoms with Gasteiger partial charge in [-0.3, -0.25) is 0 Å². The lowest BCUT2D eigenvalue weighted by molar-refractivity contribution is -0.920. The maximum Gasteiger partial charge on any atom is 0.0878 e. The highest BCUT2D eigenvalue weighted by Crippen LogP contribution is 2.09. The molecule has 0 aromatic carbocycles. The van der Waals surface area contributed by atoms with Gasteiger partial charge in [-0.1, -0.05) is 6.92 Å². The van der Waals surface area contributed by atoms with Crippen molar-refractivity contribution in [1.82, 2.24) is 0 Å². The Kier molecular flexibility index (Phi) is 6.96. The number of nitrogens with zero attached hydrogens (tertiary/aromatic N) is 1. The van der Waals surface area contributed by atoms with Gasteiger partial charge >= 0.3 is 0 Å². The molecule has 0 fully saturated rings. The summed E-state index contributed by atoms with van der Waals surface area (Å²) in [5, 5.41) is 0. The fourth-order valence-corrected chi connectivity index (χ4v) is 2.35. The summed E-state index contributed by atoms with van der Waals surface area (Å²) < 4.78 is 1.30. The van der Waals surface area contributed by atoms with Gasteiger partial charge in [-0.05, 0) is 26.5 Å². The zero-order chi connectivity index (χ0) is 9.45. The van der Waals surface area contributed by atoms with Crippen molar-refractivity contribution >= 4 is 11.8 Å². The average Bonchev–Trinajstić information content (AvgIpc) is 2.14. The van der Waals surface area contributed by atoms with Gasteiger partial charge in [-0.2, -0.15) is 11.8 Å². The smallest absolute Gasteiger partial charge is 0.0878 e. The molecule has 0 amide bonds. The van der Waals surface area contributed by atoms with Crippen molar-refractivity contribution < 1.29 is 4.48 Å². The van der Waals surface area contributed by atoms with E-state index in [-0.39, 0.29) is 0 Å². The number of rotatable bonds is 7. The standard InChI is InChI=1S/C10H24NS/c1-5-11(6-2,7-3)9-10-12-8-4/h5-10H2,1-4H3/q+1. The van der Waals surface area contributed by atoms with Crippen LogP contribution in [0, 0.1) is 0 Å². The third-order valence-electron chi connectivity index (χ3n) is 2.93. The van der Waals surface area contributed by atoms with Crippen molar-refractivity contribution in [2.24, 2.45) is 0 Å². The van der Waals surface area contributed by atoms with Gasteiger partial charge in [0.15, 0.2) is 0 Å². The Labute approximate surface area is 82.1 Å². The predicted molar refractivity (Wildman–Crippen MR) is 59.7 cm³/mol. The summed E-state index contributed by atoms with van der Waals surface area (Å²) >= 11 is 2.07. The van der Waals surface area contributed by atoms with Gasteiger partial charge in [0.05, 0.1) is 26.2 Å². The number of thioether (sulfide) groups is 1. The number of hydrogen-bond donors (Lipinski definition) is 0. The Balaban J connectivity index is 3.76. The van der Waals surface area contributed by atoms with Gasteiger partial charge in [0.25, 0.3) is 0 Å². The van der Waals surface area contributed by atoms with Crippen LogP contribution in [-0.4, -0.2) is 42.2 Å². The Morgan fingerprint density at radius 1 is 0.917 bits per heavy atom. The summed E-state index contributed by atoms with van der Waals surface area (Å²) in [6, 6.07) is 0. The van der Waals surface area contributed by atoms with E-state index in [1.807, 2.05) is 0 Å². The zero-order valence-corrected chi connectivity index (χ0v) is 9.91. The van der Waals surface area contributed by atoms with Crippen LogP contribution in [0.1, 0.15) is 27.7 Å². The average molecular weight is 190 g/mol. The van der Waals surface area contributed by atoms with Crippen LogP contribution in [0.4, 0.5) is 0 Å². The van der Waals surface area contributed by atoms with Gasteiger partial charge in [0, 0.05) is 5.75 Å². The van der Waals surface area contributed by atoms with Crippen molar-refractivity contribution in [1.29, 1.82) is 0 Å². The summed E-state index contributed by atoms with van der Waals surface area (Å²) in [6.07, 6.45) is 0. The van der Waals surface area contributed by atoms with E-state index in [0.717, 1.165) is 0 Å². The monoisotopic (exact) mass is 190 g/mol. The Bertz CT molecular complexity index is 91.7. The Hall–Kier alpha value is 0.310. The second-order valence-electron chi connectivity index (χ2n) is 3.21. The first kappa shape index (κ1) is 12.3. The third kappa shape index (κ3) is 3.81. The van der Waals surface area contributed by atoms with Crippen LogP contribution in [0.5, 0.6) is 0 Å². The van der Waals surface area contributed by atoms with Crippen molar-refractivity contribution in [3.8, 4) is 0 Å². The SMILES string of the molecule is CCSCC[N+](CC)(CC)CC. The Morgan fingerprint density at radius 2 is 1.42 bits per heavy atom. The normalized spacial score (nSPS) is 12.0. The van der Waals surface area contributed by atoms with Gasteiger partial charge in [0.2, 0.25) is 0 Å². The van der Waals surface area contributed by atoms with Gasteiger partial charge < -0.3 is 4.48 Å². The molecule has 1 nitrogen and oxygen atoms in total. The van der Waals surface area contributed by atoms with E-state index >= 15 is 0 Å². The second kappa shape index (κ2) is 6.79. The minimum atomic E-state index is 1.26. The molecule has 2 heteroatoms. The molecule has 0 aliphatic carbocycles. The van der Waals surface area contributed by atoms with Crippen LogP contribution in [0.2, 0.25) is 0 Å². The minimum absolute atomic E-state index is 1.26. The predicted octanol–water partition coefficient (Wildman–Crippen LogP) is 2.62. The van der Waals surface area contributed by atoms with Crippen LogP contribution in [0.3, 0.4) is 0 Å². The fraction of sp³-hybridized carbons (Fsp3) is 1.00. The maximum absolute atomic E-state index is 2.31. The van der Waals surface area contributed by atoms with Crippen LogP contribution in [0.15, 0.2) is 0 Å². The molecule has 12 heavy (non-hydrogen) atoms. The topological polar surface area (TPSA) is 0 Å². The molecule has 0 rings (SSSR count). The van der Waals surface area contributed by atoms with E-state index in [4.69, 9.17) is 0 Å². The van der Waals surface area contributed by atoms with E-state index in [0.29, 0.717) is 0 Å². The van der Waals surface area contributed by atoms with E-state index < -0.39 is 0 Å². The highest BCUT2D eigenvalue weighted by atomic mass is 32.2. The van der Waals surface area contributed by atoms with Gasteiger partial charge in [-0.15, -0.1) is 0 Å². The molecule has 0 unspecified atom stereocenters. The largest absolute Gasteiger partial charge is 0.324 e. The molecule has 0 atom stereocenters. The highest BCUT2D eigenvalue weighted by molar-refractivity contribution is 7.99. The van der Waals surface area contributed by atoms with Crippen molar-refractivity contribution in [3.05, 3.63) is 0 Å². The first-order valence-electron chi connectivity index (χ1n) is 5.17. The van der Waals surface area contributed by atoms with Gasteiger partial charge in [0.1, 0.15) is 0 Å². The van der Waals surface area contributed by atoms with E-state index in [2.05, 4.69) is 39.5 Å². The van der Waals surface area contributed by atoms with E-state index in [1.54, 1.807) is 0 Å². The summed E-state index contributed by atoms with van der Waals surface area (Å²) in [5.74, 6) is 2.59. The maximum atomic E-state index is 2.31. The fourth-order valence-electron chi connectivity index (χ4n) is 1.55. The van der Waals surface area contributed by atoms with Gasteiger partial charge in [-0.25, -0.2) is 0 Å². The second-order valence-corrected chi connectivity index (χ2v) is 4.60. The molecular weight excluding hydrogens is 166 g/mol. The highest BCUT2D eigenvalue weighted by Gasteiger charge is 2.19. The molecule has 74 valence electrons. The molecule has 0 aromatic heterocycles. The van der Waals surface area contributed by atoms with E-state index in [1.165, 1.54) is 42.2 Å². The first-order valence-corrected chi connectivity index (χ1v) is 6.33. The lowest BCUT2D eigenvalue weighted by atomic mass is 10.3. The molecule has 0 aromatic rings. The molecule has 0 saturated carbocycles. The quantitative estimate of drug-likeness (QED) is 0.439. The summed E-state index contributed by atoms with van der Waals surface area (Å²) in [6.45, 7) is 14.4. The first-order chi connectivity index (χ1) is 5.74.